The number of carbonyl (C=O) groups excluding carboxylic acids is 1. The molecule has 2 fully saturated rings. The molecule has 0 saturated carbocycles. The summed E-state index contributed by atoms with van der Waals surface area (Å²) in [5, 5.41) is 13.0. The van der Waals surface area contributed by atoms with Crippen molar-refractivity contribution >= 4 is 23.6 Å². The Morgan fingerprint density at radius 1 is 1.19 bits per heavy atom. The van der Waals surface area contributed by atoms with Crippen LogP contribution in [0.1, 0.15) is 72.6 Å². The van der Waals surface area contributed by atoms with E-state index in [-0.39, 0.29) is 18.1 Å². The summed E-state index contributed by atoms with van der Waals surface area (Å²) in [6.07, 6.45) is 8.17. The zero-order valence-electron chi connectivity index (χ0n) is 19.8. The van der Waals surface area contributed by atoms with Crippen LogP contribution in [0.2, 0.25) is 0 Å². The van der Waals surface area contributed by atoms with Gasteiger partial charge in [-0.2, -0.15) is 0 Å². The monoisotopic (exact) mass is 451 g/mol. The predicted octanol–water partition coefficient (Wildman–Crippen LogP) is 4.12. The number of ether oxygens (including phenoxy) is 1. The highest BCUT2D eigenvalue weighted by Crippen LogP contribution is 2.28. The molecule has 3 heterocycles. The summed E-state index contributed by atoms with van der Waals surface area (Å²) < 4.78 is 8.08. The van der Waals surface area contributed by atoms with Gasteiger partial charge in [0.05, 0.1) is 18.4 Å². The van der Waals surface area contributed by atoms with Crippen molar-refractivity contribution in [3.05, 3.63) is 0 Å². The van der Waals surface area contributed by atoms with Crippen molar-refractivity contribution in [1.29, 1.82) is 0 Å². The average Bonchev–Trinajstić information content (AvgIpc) is 3.37. The quantitative estimate of drug-likeness (QED) is 0.510. The van der Waals surface area contributed by atoms with Crippen molar-refractivity contribution in [2.45, 2.75) is 96.5 Å². The Bertz CT molecular complexity index is 682. The zero-order chi connectivity index (χ0) is 22.2. The molecule has 1 N–H and O–H groups in total. The summed E-state index contributed by atoms with van der Waals surface area (Å²) in [5.74, 6) is 2.86. The molecule has 1 aromatic heterocycles. The van der Waals surface area contributed by atoms with Gasteiger partial charge in [0.25, 0.3) is 0 Å². The molecule has 176 valence electrons. The van der Waals surface area contributed by atoms with Gasteiger partial charge in [-0.15, -0.1) is 10.2 Å². The molecule has 7 nitrogen and oxygen atoms in total. The maximum Gasteiger partial charge on any atom is 0.230 e. The molecule has 31 heavy (non-hydrogen) atoms. The fourth-order valence-corrected chi connectivity index (χ4v) is 5.09. The van der Waals surface area contributed by atoms with E-state index in [2.05, 4.69) is 52.7 Å². The minimum atomic E-state index is 0.0714. The molecule has 2 aliphatic rings. The smallest absolute Gasteiger partial charge is 0.230 e. The first-order valence-corrected chi connectivity index (χ1v) is 13.1. The van der Waals surface area contributed by atoms with E-state index in [1.165, 1.54) is 31.0 Å². The topological polar surface area (TPSA) is 72.3 Å². The van der Waals surface area contributed by atoms with E-state index in [0.29, 0.717) is 11.7 Å². The molecule has 3 rings (SSSR count). The fourth-order valence-electron chi connectivity index (χ4n) is 4.33. The first-order chi connectivity index (χ1) is 14.9. The van der Waals surface area contributed by atoms with Crippen LogP contribution in [0.5, 0.6) is 0 Å². The molecule has 2 unspecified atom stereocenters. The van der Waals surface area contributed by atoms with Crippen LogP contribution in [0.3, 0.4) is 0 Å². The normalized spacial score (nSPS) is 21.1. The Morgan fingerprint density at radius 2 is 1.97 bits per heavy atom. The van der Waals surface area contributed by atoms with Crippen molar-refractivity contribution < 1.29 is 9.53 Å². The van der Waals surface area contributed by atoms with Crippen molar-refractivity contribution in [2.24, 2.45) is 11.8 Å². The van der Waals surface area contributed by atoms with Crippen molar-refractivity contribution in [2.75, 3.05) is 30.3 Å². The average molecular weight is 452 g/mol. The molecule has 2 aliphatic heterocycles. The SMILES string of the molecule is CC(C)CCCC(C)NC(=O)CSc1nnc(N2CCC(C)CC2)n1CC1CCCO1. The van der Waals surface area contributed by atoms with Gasteiger partial charge in [0.15, 0.2) is 5.16 Å². The van der Waals surface area contributed by atoms with E-state index in [1.54, 1.807) is 0 Å². The van der Waals surface area contributed by atoms with E-state index in [4.69, 9.17) is 4.74 Å². The maximum absolute atomic E-state index is 12.5. The Kier molecular flexibility index (Phi) is 9.50. The van der Waals surface area contributed by atoms with Gasteiger partial charge in [-0.3, -0.25) is 9.36 Å². The van der Waals surface area contributed by atoms with Crippen LogP contribution in [0, 0.1) is 11.8 Å². The molecule has 8 heteroatoms. The molecule has 0 aliphatic carbocycles. The van der Waals surface area contributed by atoms with Crippen LogP contribution in [-0.2, 0) is 16.1 Å². The molecular weight excluding hydrogens is 410 g/mol. The second-order valence-electron chi connectivity index (χ2n) is 9.78. The molecule has 0 spiro atoms. The number of thioether (sulfide) groups is 1. The molecule has 1 aromatic rings. The number of aromatic nitrogens is 3. The summed E-state index contributed by atoms with van der Waals surface area (Å²) >= 11 is 1.49. The van der Waals surface area contributed by atoms with E-state index < -0.39 is 0 Å². The molecule has 1 amide bonds. The lowest BCUT2D eigenvalue weighted by Gasteiger charge is -2.31. The van der Waals surface area contributed by atoms with Crippen LogP contribution in [-0.4, -0.2) is 58.3 Å². The molecule has 2 atom stereocenters. The fraction of sp³-hybridized carbons (Fsp3) is 0.870. The molecular formula is C23H41N5O2S. The molecule has 0 radical (unpaired) electrons. The lowest BCUT2D eigenvalue weighted by Crippen LogP contribution is -2.35. The summed E-state index contributed by atoms with van der Waals surface area (Å²) in [6.45, 7) is 12.5. The van der Waals surface area contributed by atoms with E-state index >= 15 is 0 Å². The maximum atomic E-state index is 12.5. The van der Waals surface area contributed by atoms with Gasteiger partial charge < -0.3 is 15.0 Å². The van der Waals surface area contributed by atoms with Gasteiger partial charge >= 0.3 is 0 Å². The van der Waals surface area contributed by atoms with Gasteiger partial charge in [0.2, 0.25) is 11.9 Å². The molecule has 0 bridgehead atoms. The first-order valence-electron chi connectivity index (χ1n) is 12.1. The third kappa shape index (κ3) is 7.67. The zero-order valence-corrected chi connectivity index (χ0v) is 20.6. The largest absolute Gasteiger partial charge is 0.376 e. The Hall–Kier alpha value is -1.28. The minimum absolute atomic E-state index is 0.0714. The second kappa shape index (κ2) is 12.1. The molecule has 2 saturated heterocycles. The number of anilines is 1. The summed E-state index contributed by atoms with van der Waals surface area (Å²) in [6, 6.07) is 0.211. The number of rotatable bonds is 11. The number of carbonyl (C=O) groups is 1. The van der Waals surface area contributed by atoms with Gasteiger partial charge in [-0.25, -0.2) is 0 Å². The third-order valence-corrected chi connectivity index (χ3v) is 7.30. The van der Waals surface area contributed by atoms with E-state index in [0.717, 1.165) is 68.9 Å². The lowest BCUT2D eigenvalue weighted by molar-refractivity contribution is -0.119. The summed E-state index contributed by atoms with van der Waals surface area (Å²) in [5.41, 5.74) is 0. The Morgan fingerprint density at radius 3 is 2.65 bits per heavy atom. The highest BCUT2D eigenvalue weighted by molar-refractivity contribution is 7.99. The number of hydrogen-bond acceptors (Lipinski definition) is 6. The van der Waals surface area contributed by atoms with Crippen LogP contribution >= 0.6 is 11.8 Å². The standard InChI is InChI=1S/C23H41N5O2S/c1-17(2)7-5-8-19(4)24-21(29)16-31-23-26-25-22(27-12-10-18(3)11-13-27)28(23)15-20-9-6-14-30-20/h17-20H,5-16H2,1-4H3,(H,24,29). The lowest BCUT2D eigenvalue weighted by atomic mass is 10.00. The van der Waals surface area contributed by atoms with Crippen molar-refractivity contribution in [1.82, 2.24) is 20.1 Å². The molecule has 0 aromatic carbocycles. The van der Waals surface area contributed by atoms with Gasteiger partial charge in [-0.05, 0) is 50.9 Å². The Balaban J connectivity index is 1.57. The number of nitrogens with zero attached hydrogens (tertiary/aromatic N) is 4. The second-order valence-corrected chi connectivity index (χ2v) is 10.7. The van der Waals surface area contributed by atoms with E-state index in [1.807, 2.05) is 0 Å². The van der Waals surface area contributed by atoms with Crippen LogP contribution in [0.4, 0.5) is 5.95 Å². The van der Waals surface area contributed by atoms with E-state index in [9.17, 15) is 4.79 Å². The number of piperidine rings is 1. The van der Waals surface area contributed by atoms with Crippen LogP contribution in [0.25, 0.3) is 0 Å². The summed E-state index contributed by atoms with van der Waals surface area (Å²) in [7, 11) is 0. The highest BCUT2D eigenvalue weighted by atomic mass is 32.2. The van der Waals surface area contributed by atoms with Gasteiger partial charge in [0.1, 0.15) is 0 Å². The van der Waals surface area contributed by atoms with Crippen molar-refractivity contribution in [3.8, 4) is 0 Å². The number of nitrogens with one attached hydrogen (secondary N) is 1. The first kappa shape index (κ1) is 24.4. The Labute approximate surface area is 192 Å². The van der Waals surface area contributed by atoms with Gasteiger partial charge in [-0.1, -0.05) is 45.4 Å². The predicted molar refractivity (Wildman–Crippen MR) is 127 cm³/mol. The number of amides is 1. The van der Waals surface area contributed by atoms with Crippen molar-refractivity contribution in [3.63, 3.8) is 0 Å². The van der Waals surface area contributed by atoms with Crippen LogP contribution < -0.4 is 10.2 Å². The third-order valence-electron chi connectivity index (χ3n) is 6.33. The van der Waals surface area contributed by atoms with Crippen LogP contribution in [0.15, 0.2) is 5.16 Å². The minimum Gasteiger partial charge on any atom is -0.376 e. The van der Waals surface area contributed by atoms with Gasteiger partial charge in [0, 0.05) is 25.7 Å². The number of hydrogen-bond donors (Lipinski definition) is 1. The highest BCUT2D eigenvalue weighted by Gasteiger charge is 2.26. The summed E-state index contributed by atoms with van der Waals surface area (Å²) in [4.78, 5) is 14.8.